The van der Waals surface area contributed by atoms with Crippen LogP contribution in [0.25, 0.3) is 12.2 Å². The first kappa shape index (κ1) is 12.1. The molecule has 2 aromatic rings. The predicted molar refractivity (Wildman–Crippen MR) is 76.5 cm³/mol. The smallest absolute Gasteiger partial charge is 0.193 e. The summed E-state index contributed by atoms with van der Waals surface area (Å²) in [6.07, 6.45) is 3.51. The van der Waals surface area contributed by atoms with E-state index in [1.807, 2.05) is 48.5 Å². The van der Waals surface area contributed by atoms with E-state index in [0.717, 1.165) is 11.1 Å². The molecule has 2 aromatic carbocycles. The van der Waals surface area contributed by atoms with Crippen LogP contribution in [0, 0.1) is 0 Å². The second-order valence-electron chi connectivity index (χ2n) is 3.98. The number of hydrogen-bond acceptors (Lipinski definition) is 1. The third-order valence-corrected chi connectivity index (χ3v) is 2.82. The van der Waals surface area contributed by atoms with Crippen LogP contribution < -0.4 is 0 Å². The van der Waals surface area contributed by atoms with Gasteiger partial charge in [0.1, 0.15) is 0 Å². The van der Waals surface area contributed by atoms with Gasteiger partial charge in [0.25, 0.3) is 0 Å². The van der Waals surface area contributed by atoms with Crippen LogP contribution in [0.3, 0.4) is 0 Å². The Morgan fingerprint density at radius 2 is 1.06 bits per heavy atom. The molecule has 0 unspecified atom stereocenters. The number of carbonyl (C=O) groups excluding carboxylic acids is 1. The standard InChI is InChI=1S/C17H14O/c1-3-13-5-9-15(10-6-13)17(18)16-11-7-14(4-2)8-12-16/h3-12H,1-2H2. The first-order chi connectivity index (χ1) is 8.74. The molecule has 0 aliphatic rings. The molecule has 1 nitrogen and oxygen atoms in total. The quantitative estimate of drug-likeness (QED) is 0.724. The van der Waals surface area contributed by atoms with Crippen molar-refractivity contribution in [2.75, 3.05) is 0 Å². The number of benzene rings is 2. The summed E-state index contributed by atoms with van der Waals surface area (Å²) >= 11 is 0. The molecule has 0 aromatic heterocycles. The van der Waals surface area contributed by atoms with E-state index in [1.54, 1.807) is 12.2 Å². The molecule has 0 saturated carbocycles. The summed E-state index contributed by atoms with van der Waals surface area (Å²) in [7, 11) is 0. The first-order valence-corrected chi connectivity index (χ1v) is 5.74. The molecule has 0 aliphatic heterocycles. The van der Waals surface area contributed by atoms with Gasteiger partial charge in [0.05, 0.1) is 0 Å². The van der Waals surface area contributed by atoms with Crippen molar-refractivity contribution in [3.8, 4) is 0 Å². The molecule has 0 saturated heterocycles. The Morgan fingerprint density at radius 3 is 1.33 bits per heavy atom. The lowest BCUT2D eigenvalue weighted by atomic mass is 10.0. The summed E-state index contributed by atoms with van der Waals surface area (Å²) in [6, 6.07) is 14.8. The summed E-state index contributed by atoms with van der Waals surface area (Å²) in [5.41, 5.74) is 3.39. The molecular formula is C17H14O. The topological polar surface area (TPSA) is 17.1 Å². The summed E-state index contributed by atoms with van der Waals surface area (Å²) in [6.45, 7) is 7.38. The number of ketones is 1. The van der Waals surface area contributed by atoms with E-state index in [-0.39, 0.29) is 5.78 Å². The summed E-state index contributed by atoms with van der Waals surface area (Å²) in [5, 5.41) is 0. The Kier molecular flexibility index (Phi) is 3.54. The third-order valence-electron chi connectivity index (χ3n) is 2.82. The van der Waals surface area contributed by atoms with Crippen LogP contribution in [0.15, 0.2) is 61.7 Å². The Balaban J connectivity index is 2.28. The Bertz CT molecular complexity index is 521. The van der Waals surface area contributed by atoms with Gasteiger partial charge in [0, 0.05) is 11.1 Å². The van der Waals surface area contributed by atoms with Gasteiger partial charge in [-0.25, -0.2) is 0 Å². The average molecular weight is 234 g/mol. The van der Waals surface area contributed by atoms with Crippen molar-refractivity contribution in [3.63, 3.8) is 0 Å². The maximum absolute atomic E-state index is 12.2. The lowest BCUT2D eigenvalue weighted by molar-refractivity contribution is 0.103. The van der Waals surface area contributed by atoms with Crippen LogP contribution in [0.4, 0.5) is 0 Å². The van der Waals surface area contributed by atoms with Gasteiger partial charge in [-0.2, -0.15) is 0 Å². The highest BCUT2D eigenvalue weighted by Crippen LogP contribution is 2.13. The molecule has 0 heterocycles. The highest BCUT2D eigenvalue weighted by atomic mass is 16.1. The average Bonchev–Trinajstić information content (AvgIpc) is 2.47. The highest BCUT2D eigenvalue weighted by molar-refractivity contribution is 6.09. The van der Waals surface area contributed by atoms with Crippen molar-refractivity contribution < 1.29 is 4.79 Å². The van der Waals surface area contributed by atoms with Crippen LogP contribution in [0.5, 0.6) is 0 Å². The van der Waals surface area contributed by atoms with Crippen LogP contribution >= 0.6 is 0 Å². The molecule has 0 N–H and O–H groups in total. The zero-order chi connectivity index (χ0) is 13.0. The molecule has 0 fully saturated rings. The Labute approximate surface area is 107 Å². The number of rotatable bonds is 4. The van der Waals surface area contributed by atoms with Crippen molar-refractivity contribution in [3.05, 3.63) is 83.9 Å². The molecule has 0 amide bonds. The molecular weight excluding hydrogens is 220 g/mol. The van der Waals surface area contributed by atoms with Gasteiger partial charge in [-0.1, -0.05) is 73.8 Å². The summed E-state index contributed by atoms with van der Waals surface area (Å²) in [4.78, 5) is 12.2. The van der Waals surface area contributed by atoms with Crippen LogP contribution in [0.1, 0.15) is 27.0 Å². The fourth-order valence-electron chi connectivity index (χ4n) is 1.71. The van der Waals surface area contributed by atoms with Crippen LogP contribution in [-0.2, 0) is 0 Å². The molecule has 0 spiro atoms. The van der Waals surface area contributed by atoms with Crippen molar-refractivity contribution >= 4 is 17.9 Å². The van der Waals surface area contributed by atoms with Crippen molar-refractivity contribution in [2.24, 2.45) is 0 Å². The third kappa shape index (κ3) is 2.46. The van der Waals surface area contributed by atoms with Gasteiger partial charge < -0.3 is 0 Å². The first-order valence-electron chi connectivity index (χ1n) is 5.74. The molecule has 0 radical (unpaired) electrons. The van der Waals surface area contributed by atoms with Crippen molar-refractivity contribution in [1.29, 1.82) is 0 Å². The largest absolute Gasteiger partial charge is 0.289 e. The van der Waals surface area contributed by atoms with E-state index in [2.05, 4.69) is 13.2 Å². The zero-order valence-electron chi connectivity index (χ0n) is 10.1. The molecule has 18 heavy (non-hydrogen) atoms. The normalized spacial score (nSPS) is 9.78. The van der Waals surface area contributed by atoms with Gasteiger partial charge >= 0.3 is 0 Å². The van der Waals surface area contributed by atoms with E-state index in [4.69, 9.17) is 0 Å². The molecule has 0 atom stereocenters. The van der Waals surface area contributed by atoms with Gasteiger partial charge in [0.2, 0.25) is 0 Å². The Hall–Kier alpha value is -2.41. The van der Waals surface area contributed by atoms with Gasteiger partial charge in [0.15, 0.2) is 5.78 Å². The van der Waals surface area contributed by atoms with E-state index in [9.17, 15) is 4.79 Å². The van der Waals surface area contributed by atoms with E-state index in [0.29, 0.717) is 11.1 Å². The second kappa shape index (κ2) is 5.28. The monoisotopic (exact) mass is 234 g/mol. The maximum atomic E-state index is 12.2. The number of carbonyl (C=O) groups is 1. The van der Waals surface area contributed by atoms with E-state index >= 15 is 0 Å². The molecule has 0 aliphatic carbocycles. The van der Waals surface area contributed by atoms with E-state index < -0.39 is 0 Å². The minimum absolute atomic E-state index is 0.0289. The molecule has 1 heteroatoms. The lowest BCUT2D eigenvalue weighted by Crippen LogP contribution is -2.00. The molecule has 2 rings (SSSR count). The van der Waals surface area contributed by atoms with Gasteiger partial charge in [-0.05, 0) is 11.1 Å². The zero-order valence-corrected chi connectivity index (χ0v) is 10.1. The fourth-order valence-corrected chi connectivity index (χ4v) is 1.71. The minimum atomic E-state index is 0.0289. The van der Waals surface area contributed by atoms with E-state index in [1.165, 1.54) is 0 Å². The van der Waals surface area contributed by atoms with Gasteiger partial charge in [-0.3, -0.25) is 4.79 Å². The second-order valence-corrected chi connectivity index (χ2v) is 3.98. The maximum Gasteiger partial charge on any atom is 0.193 e. The van der Waals surface area contributed by atoms with Crippen LogP contribution in [0.2, 0.25) is 0 Å². The van der Waals surface area contributed by atoms with Crippen molar-refractivity contribution in [1.82, 2.24) is 0 Å². The van der Waals surface area contributed by atoms with Crippen LogP contribution in [-0.4, -0.2) is 5.78 Å². The summed E-state index contributed by atoms with van der Waals surface area (Å²) in [5.74, 6) is 0.0289. The predicted octanol–water partition coefficient (Wildman–Crippen LogP) is 4.20. The fraction of sp³-hybridized carbons (Fsp3) is 0. The number of hydrogen-bond donors (Lipinski definition) is 0. The minimum Gasteiger partial charge on any atom is -0.289 e. The lowest BCUT2D eigenvalue weighted by Gasteiger charge is -2.02. The molecule has 88 valence electrons. The highest BCUT2D eigenvalue weighted by Gasteiger charge is 2.07. The van der Waals surface area contributed by atoms with Crippen molar-refractivity contribution in [2.45, 2.75) is 0 Å². The Morgan fingerprint density at radius 1 is 0.722 bits per heavy atom. The van der Waals surface area contributed by atoms with Gasteiger partial charge in [-0.15, -0.1) is 0 Å². The molecule has 0 bridgehead atoms. The summed E-state index contributed by atoms with van der Waals surface area (Å²) < 4.78 is 0. The SMILES string of the molecule is C=Cc1ccc(C(=O)c2ccc(C=C)cc2)cc1.